The number of carbonyl (C=O) groups excluding carboxylic acids is 3. The molecule has 4 aliphatic heterocycles. The summed E-state index contributed by atoms with van der Waals surface area (Å²) in [4.78, 5) is 48.5. The number of hydrogen-bond donors (Lipinski definition) is 1. The molecule has 6 atom stereocenters. The first-order valence-corrected chi connectivity index (χ1v) is 15.1. The molecule has 0 bridgehead atoms. The van der Waals surface area contributed by atoms with Crippen molar-refractivity contribution in [2.24, 2.45) is 17.8 Å². The standard InChI is InChI=1S/C30H38ClN3O4S/c1-6-14-32-15-8-12-29(5)22(26(32)36)23-27(37)34(21(17-35)18(2)3)25-28(38)33(16-9-13-30(23,25)39-29)24-19(4)10-7-11-20(24)31/h7-13,18,21-23,25,35H,6,14-17H2,1-5H3/t21-,22-,23-,25?,29+,30-/m0/s1. The fraction of sp³-hybridized carbons (Fsp3) is 0.567. The average Bonchev–Trinajstić information content (AvgIpc) is 3.14. The van der Waals surface area contributed by atoms with Gasteiger partial charge in [-0.2, -0.15) is 0 Å². The van der Waals surface area contributed by atoms with Crippen LogP contribution in [0.2, 0.25) is 5.02 Å². The molecule has 4 heterocycles. The Labute approximate surface area is 240 Å². The number of benzene rings is 1. The lowest BCUT2D eigenvalue weighted by atomic mass is 9.74. The second kappa shape index (κ2) is 10.3. The third-order valence-electron chi connectivity index (χ3n) is 8.84. The molecule has 0 radical (unpaired) electrons. The molecular formula is C30H38ClN3O4S. The third kappa shape index (κ3) is 4.16. The van der Waals surface area contributed by atoms with Gasteiger partial charge in [-0.05, 0) is 37.8 Å². The molecule has 39 heavy (non-hydrogen) atoms. The van der Waals surface area contributed by atoms with Crippen molar-refractivity contribution in [1.82, 2.24) is 9.80 Å². The second-order valence-corrected chi connectivity index (χ2v) is 13.9. The Bertz CT molecular complexity index is 1230. The highest BCUT2D eigenvalue weighted by molar-refractivity contribution is 8.02. The Morgan fingerprint density at radius 2 is 1.79 bits per heavy atom. The van der Waals surface area contributed by atoms with Crippen molar-refractivity contribution in [2.75, 3.05) is 31.1 Å². The number of thioether (sulfide) groups is 1. The summed E-state index contributed by atoms with van der Waals surface area (Å²) in [5, 5.41) is 11.0. The van der Waals surface area contributed by atoms with E-state index in [-0.39, 0.29) is 30.2 Å². The highest BCUT2D eigenvalue weighted by atomic mass is 35.5. The van der Waals surface area contributed by atoms with Gasteiger partial charge < -0.3 is 19.8 Å². The molecular weight excluding hydrogens is 534 g/mol. The third-order valence-corrected chi connectivity index (χ3v) is 10.9. The van der Waals surface area contributed by atoms with Gasteiger partial charge in [-0.1, -0.05) is 68.8 Å². The highest BCUT2D eigenvalue weighted by Gasteiger charge is 2.74. The molecule has 5 rings (SSSR count). The summed E-state index contributed by atoms with van der Waals surface area (Å²) in [6, 6.07) is 4.08. The lowest BCUT2D eigenvalue weighted by Crippen LogP contribution is -2.58. The summed E-state index contributed by atoms with van der Waals surface area (Å²) < 4.78 is -1.62. The van der Waals surface area contributed by atoms with E-state index in [9.17, 15) is 19.5 Å². The lowest BCUT2D eigenvalue weighted by Gasteiger charge is -2.41. The van der Waals surface area contributed by atoms with Crippen molar-refractivity contribution in [3.05, 3.63) is 53.1 Å². The molecule has 2 fully saturated rings. The van der Waals surface area contributed by atoms with E-state index >= 15 is 0 Å². The molecule has 0 aromatic heterocycles. The Balaban J connectivity index is 1.70. The van der Waals surface area contributed by atoms with Crippen LogP contribution in [0, 0.1) is 24.7 Å². The molecule has 1 N–H and O–H groups in total. The van der Waals surface area contributed by atoms with Crippen molar-refractivity contribution in [1.29, 1.82) is 0 Å². The first-order chi connectivity index (χ1) is 18.5. The minimum absolute atomic E-state index is 0.0401. The highest BCUT2D eigenvalue weighted by Crippen LogP contribution is 2.66. The maximum Gasteiger partial charge on any atom is 0.251 e. The number of aryl methyl sites for hydroxylation is 1. The van der Waals surface area contributed by atoms with Gasteiger partial charge in [-0.3, -0.25) is 14.4 Å². The number of rotatable bonds is 6. The van der Waals surface area contributed by atoms with E-state index in [0.717, 1.165) is 12.0 Å². The molecule has 210 valence electrons. The van der Waals surface area contributed by atoms with Crippen molar-refractivity contribution in [3.8, 4) is 0 Å². The smallest absolute Gasteiger partial charge is 0.251 e. The van der Waals surface area contributed by atoms with Gasteiger partial charge >= 0.3 is 0 Å². The summed E-state index contributed by atoms with van der Waals surface area (Å²) in [6.45, 7) is 11.0. The van der Waals surface area contributed by atoms with Crippen LogP contribution >= 0.6 is 23.4 Å². The summed E-state index contributed by atoms with van der Waals surface area (Å²) in [6.07, 6.45) is 8.88. The van der Waals surface area contributed by atoms with Crippen molar-refractivity contribution in [3.63, 3.8) is 0 Å². The van der Waals surface area contributed by atoms with Crippen molar-refractivity contribution in [2.45, 2.75) is 62.6 Å². The lowest BCUT2D eigenvalue weighted by molar-refractivity contribution is -0.146. The van der Waals surface area contributed by atoms with Gasteiger partial charge in [-0.25, -0.2) is 0 Å². The summed E-state index contributed by atoms with van der Waals surface area (Å²) in [7, 11) is 0. The molecule has 1 aromatic carbocycles. The number of hydrogen-bond acceptors (Lipinski definition) is 5. The van der Waals surface area contributed by atoms with Crippen LogP contribution in [0.15, 0.2) is 42.5 Å². The van der Waals surface area contributed by atoms with Gasteiger partial charge in [0.05, 0.1) is 39.9 Å². The minimum Gasteiger partial charge on any atom is -0.394 e. The zero-order valence-electron chi connectivity index (χ0n) is 23.3. The Hall–Kier alpha value is -2.29. The zero-order valence-corrected chi connectivity index (χ0v) is 24.8. The van der Waals surface area contributed by atoms with E-state index in [4.69, 9.17) is 11.6 Å². The van der Waals surface area contributed by atoms with E-state index in [2.05, 4.69) is 6.08 Å². The number of anilines is 1. The predicted octanol–water partition coefficient (Wildman–Crippen LogP) is 4.06. The van der Waals surface area contributed by atoms with Crippen LogP contribution < -0.4 is 4.90 Å². The monoisotopic (exact) mass is 571 g/mol. The summed E-state index contributed by atoms with van der Waals surface area (Å²) in [5.74, 6) is -1.95. The predicted molar refractivity (Wildman–Crippen MR) is 156 cm³/mol. The number of carbonyl (C=O) groups is 3. The van der Waals surface area contributed by atoms with Crippen LogP contribution in [-0.2, 0) is 14.4 Å². The average molecular weight is 572 g/mol. The van der Waals surface area contributed by atoms with Crippen LogP contribution in [0.4, 0.5) is 5.69 Å². The molecule has 1 spiro atoms. The number of aliphatic hydroxyl groups excluding tert-OH is 1. The Kier molecular flexibility index (Phi) is 7.44. The number of halogens is 1. The number of fused-ring (bicyclic) bond motifs is 2. The van der Waals surface area contributed by atoms with Crippen molar-refractivity contribution < 1.29 is 19.5 Å². The fourth-order valence-electron chi connectivity index (χ4n) is 7.13. The van der Waals surface area contributed by atoms with Crippen LogP contribution in [0.5, 0.6) is 0 Å². The molecule has 1 unspecified atom stereocenters. The van der Waals surface area contributed by atoms with Crippen LogP contribution in [0.1, 0.15) is 39.7 Å². The van der Waals surface area contributed by atoms with Crippen LogP contribution in [0.3, 0.4) is 0 Å². The number of nitrogens with zero attached hydrogens (tertiary/aromatic N) is 3. The van der Waals surface area contributed by atoms with Gasteiger partial charge in [0, 0.05) is 24.4 Å². The van der Waals surface area contributed by atoms with Crippen molar-refractivity contribution >= 4 is 46.8 Å². The maximum atomic E-state index is 14.7. The van der Waals surface area contributed by atoms with Gasteiger partial charge in [-0.15, -0.1) is 11.8 Å². The zero-order chi connectivity index (χ0) is 28.3. The first-order valence-electron chi connectivity index (χ1n) is 13.9. The van der Waals surface area contributed by atoms with Crippen LogP contribution in [0.25, 0.3) is 0 Å². The van der Waals surface area contributed by atoms with E-state index in [1.165, 1.54) is 0 Å². The number of amides is 3. The van der Waals surface area contributed by atoms with Gasteiger partial charge in [0.25, 0.3) is 5.91 Å². The molecule has 3 amide bonds. The topological polar surface area (TPSA) is 81.2 Å². The number of aliphatic hydroxyl groups is 1. The van der Waals surface area contributed by atoms with Gasteiger partial charge in [0.15, 0.2) is 0 Å². The minimum atomic E-state index is -0.963. The van der Waals surface area contributed by atoms with E-state index in [1.54, 1.807) is 27.6 Å². The molecule has 0 saturated carbocycles. The molecule has 2 saturated heterocycles. The Morgan fingerprint density at radius 3 is 2.44 bits per heavy atom. The number of likely N-dealkylation sites (tertiary alicyclic amines) is 1. The quantitative estimate of drug-likeness (QED) is 0.521. The summed E-state index contributed by atoms with van der Waals surface area (Å²) in [5.41, 5.74) is 1.49. The molecule has 1 aromatic rings. The molecule has 7 nitrogen and oxygen atoms in total. The van der Waals surface area contributed by atoms with E-state index < -0.39 is 33.4 Å². The first kappa shape index (κ1) is 28.2. The fourth-order valence-corrected chi connectivity index (χ4v) is 9.59. The normalized spacial score (nSPS) is 32.9. The molecule has 9 heteroatoms. The number of para-hydroxylation sites is 1. The molecule has 4 aliphatic rings. The largest absolute Gasteiger partial charge is 0.394 e. The van der Waals surface area contributed by atoms with Gasteiger partial charge in [0.2, 0.25) is 11.8 Å². The Morgan fingerprint density at radius 1 is 1.08 bits per heavy atom. The van der Waals surface area contributed by atoms with Crippen LogP contribution in [-0.4, -0.2) is 80.4 Å². The SMILES string of the molecule is CCCN1CC=C[C@@]2(C)S[C@]34C=CCN(c5c(C)cccc5Cl)C(=O)C3N([C@@H](CO)C(C)C)C(=O)[C@@H]4[C@H]2C1=O. The summed E-state index contributed by atoms with van der Waals surface area (Å²) >= 11 is 8.20. The second-order valence-electron chi connectivity index (χ2n) is 11.7. The van der Waals surface area contributed by atoms with E-state index in [0.29, 0.717) is 30.3 Å². The van der Waals surface area contributed by atoms with Gasteiger partial charge in [0.1, 0.15) is 6.04 Å². The van der Waals surface area contributed by atoms with E-state index in [1.807, 2.05) is 69.9 Å². The molecule has 0 aliphatic carbocycles. The maximum absolute atomic E-state index is 14.7.